The monoisotopic (exact) mass is 235 g/mol. The Morgan fingerprint density at radius 2 is 2.07 bits per heavy atom. The molecule has 0 saturated carbocycles. The lowest BCUT2D eigenvalue weighted by Crippen LogP contribution is -2.42. The van der Waals surface area contributed by atoms with Crippen LogP contribution in [0.1, 0.15) is 33.1 Å². The molecule has 0 aromatic heterocycles. The van der Waals surface area contributed by atoms with E-state index in [-0.39, 0.29) is 17.6 Å². The summed E-state index contributed by atoms with van der Waals surface area (Å²) < 4.78 is 28.9. The Morgan fingerprint density at radius 3 is 2.53 bits per heavy atom. The first kappa shape index (κ1) is 12.9. The summed E-state index contributed by atoms with van der Waals surface area (Å²) in [6.45, 7) is 4.14. The van der Waals surface area contributed by atoms with E-state index in [1.54, 1.807) is 13.8 Å². The summed E-state index contributed by atoms with van der Waals surface area (Å²) in [5.41, 5.74) is 5.05. The number of sulfone groups is 1. The van der Waals surface area contributed by atoms with E-state index in [0.717, 1.165) is 19.3 Å². The molecule has 0 aromatic carbocycles. The molecule has 1 aliphatic rings. The van der Waals surface area contributed by atoms with Gasteiger partial charge in [0.15, 0.2) is 9.84 Å². The minimum atomic E-state index is -3.09. The number of rotatable bonds is 4. The molecule has 1 aliphatic heterocycles. The van der Waals surface area contributed by atoms with E-state index in [9.17, 15) is 8.42 Å². The van der Waals surface area contributed by atoms with Gasteiger partial charge in [-0.25, -0.2) is 8.42 Å². The van der Waals surface area contributed by atoms with Crippen molar-refractivity contribution in [2.75, 3.05) is 18.1 Å². The average Bonchev–Trinajstić information content (AvgIpc) is 1.99. The maximum Gasteiger partial charge on any atom is 0.154 e. The molecule has 90 valence electrons. The van der Waals surface area contributed by atoms with Gasteiger partial charge in [-0.05, 0) is 33.1 Å². The van der Waals surface area contributed by atoms with Crippen LogP contribution in [0.2, 0.25) is 0 Å². The van der Waals surface area contributed by atoms with E-state index in [1.807, 2.05) is 0 Å². The summed E-state index contributed by atoms with van der Waals surface area (Å²) in [6.07, 6.45) is 2.83. The van der Waals surface area contributed by atoms with Gasteiger partial charge in [0, 0.05) is 12.1 Å². The van der Waals surface area contributed by atoms with Crippen LogP contribution in [0.15, 0.2) is 0 Å². The Hall–Kier alpha value is -0.130. The van der Waals surface area contributed by atoms with Crippen molar-refractivity contribution in [2.45, 2.75) is 44.8 Å². The molecular formula is C10H21NO3S. The second kappa shape index (κ2) is 4.80. The fourth-order valence-corrected chi connectivity index (χ4v) is 3.93. The summed E-state index contributed by atoms with van der Waals surface area (Å²) >= 11 is 0. The molecule has 4 nitrogen and oxygen atoms in total. The maximum absolute atomic E-state index is 11.8. The summed E-state index contributed by atoms with van der Waals surface area (Å²) in [6, 6.07) is 0. The van der Waals surface area contributed by atoms with Crippen LogP contribution in [-0.2, 0) is 14.6 Å². The van der Waals surface area contributed by atoms with Gasteiger partial charge >= 0.3 is 0 Å². The lowest BCUT2D eigenvalue weighted by atomic mass is 10.1. The second-order valence-corrected chi connectivity index (χ2v) is 7.14. The SMILES string of the molecule is CC(C)(N)CS(=O)(=O)CC1CCCCO1. The molecule has 2 N–H and O–H groups in total. The van der Waals surface area contributed by atoms with Crippen molar-refractivity contribution in [1.29, 1.82) is 0 Å². The summed E-state index contributed by atoms with van der Waals surface area (Å²) in [7, 11) is -3.09. The molecule has 0 amide bonds. The Kier molecular flexibility index (Phi) is 4.14. The highest BCUT2D eigenvalue weighted by Gasteiger charge is 2.26. The van der Waals surface area contributed by atoms with Gasteiger partial charge in [-0.1, -0.05) is 0 Å². The van der Waals surface area contributed by atoms with Crippen molar-refractivity contribution in [3.63, 3.8) is 0 Å². The van der Waals surface area contributed by atoms with E-state index >= 15 is 0 Å². The summed E-state index contributed by atoms with van der Waals surface area (Å²) in [5, 5.41) is 0. The first-order valence-electron chi connectivity index (χ1n) is 5.39. The van der Waals surface area contributed by atoms with Crippen molar-refractivity contribution >= 4 is 9.84 Å². The molecule has 0 aromatic rings. The van der Waals surface area contributed by atoms with Crippen LogP contribution in [0, 0.1) is 0 Å². The van der Waals surface area contributed by atoms with Crippen LogP contribution >= 0.6 is 0 Å². The van der Waals surface area contributed by atoms with Gasteiger partial charge in [-0.15, -0.1) is 0 Å². The molecule has 5 heteroatoms. The number of ether oxygens (including phenoxy) is 1. The zero-order valence-corrected chi connectivity index (χ0v) is 10.3. The minimum absolute atomic E-state index is 0.0276. The Balaban J connectivity index is 2.48. The number of hydrogen-bond donors (Lipinski definition) is 1. The second-order valence-electron chi connectivity index (χ2n) is 5.03. The molecule has 15 heavy (non-hydrogen) atoms. The van der Waals surface area contributed by atoms with Gasteiger partial charge in [0.1, 0.15) is 0 Å². The number of nitrogens with two attached hydrogens (primary N) is 1. The topological polar surface area (TPSA) is 69.4 Å². The minimum Gasteiger partial charge on any atom is -0.377 e. The summed E-state index contributed by atoms with van der Waals surface area (Å²) in [4.78, 5) is 0. The lowest BCUT2D eigenvalue weighted by Gasteiger charge is -2.24. The zero-order chi connectivity index (χ0) is 11.5. The van der Waals surface area contributed by atoms with E-state index in [2.05, 4.69) is 0 Å². The van der Waals surface area contributed by atoms with Crippen LogP contribution in [0.5, 0.6) is 0 Å². The Bertz CT molecular complexity index is 286. The zero-order valence-electron chi connectivity index (χ0n) is 9.53. The smallest absolute Gasteiger partial charge is 0.154 e. The molecule has 0 aliphatic carbocycles. The highest BCUT2D eigenvalue weighted by Crippen LogP contribution is 2.16. The van der Waals surface area contributed by atoms with E-state index in [1.165, 1.54) is 0 Å². The van der Waals surface area contributed by atoms with Crippen molar-refractivity contribution in [3.05, 3.63) is 0 Å². The predicted molar refractivity (Wildman–Crippen MR) is 60.5 cm³/mol. The standard InChI is InChI=1S/C10H21NO3S/c1-10(2,11)8-15(12,13)7-9-5-3-4-6-14-9/h9H,3-8,11H2,1-2H3. The van der Waals surface area contributed by atoms with Gasteiger partial charge in [-0.2, -0.15) is 0 Å². The van der Waals surface area contributed by atoms with Gasteiger partial charge in [0.2, 0.25) is 0 Å². The average molecular weight is 235 g/mol. The largest absolute Gasteiger partial charge is 0.377 e. The fraction of sp³-hybridized carbons (Fsp3) is 1.00. The quantitative estimate of drug-likeness (QED) is 0.779. The molecule has 0 bridgehead atoms. The molecule has 1 unspecified atom stereocenters. The third-order valence-electron chi connectivity index (χ3n) is 2.31. The van der Waals surface area contributed by atoms with E-state index in [4.69, 9.17) is 10.5 Å². The van der Waals surface area contributed by atoms with Gasteiger partial charge in [0.25, 0.3) is 0 Å². The van der Waals surface area contributed by atoms with Crippen molar-refractivity contribution < 1.29 is 13.2 Å². The van der Waals surface area contributed by atoms with Crippen molar-refractivity contribution in [2.24, 2.45) is 5.73 Å². The van der Waals surface area contributed by atoms with Crippen LogP contribution in [0.4, 0.5) is 0 Å². The molecular weight excluding hydrogens is 214 g/mol. The van der Waals surface area contributed by atoms with Crippen LogP contribution in [0.25, 0.3) is 0 Å². The molecule has 1 saturated heterocycles. The molecule has 0 spiro atoms. The third kappa shape index (κ3) is 5.49. The highest BCUT2D eigenvalue weighted by atomic mass is 32.2. The molecule has 0 radical (unpaired) electrons. The van der Waals surface area contributed by atoms with Crippen LogP contribution < -0.4 is 5.73 Å². The fourth-order valence-electron chi connectivity index (χ4n) is 1.85. The first-order chi connectivity index (χ1) is 6.79. The third-order valence-corrected chi connectivity index (χ3v) is 4.37. The molecule has 1 atom stereocenters. The van der Waals surface area contributed by atoms with Crippen molar-refractivity contribution in [3.8, 4) is 0 Å². The van der Waals surface area contributed by atoms with Gasteiger partial charge in [0.05, 0.1) is 17.6 Å². The molecule has 1 fully saturated rings. The van der Waals surface area contributed by atoms with Gasteiger partial charge in [-0.3, -0.25) is 0 Å². The molecule has 1 rings (SSSR count). The lowest BCUT2D eigenvalue weighted by molar-refractivity contribution is 0.0305. The highest BCUT2D eigenvalue weighted by molar-refractivity contribution is 7.91. The van der Waals surface area contributed by atoms with Crippen molar-refractivity contribution in [1.82, 2.24) is 0 Å². The van der Waals surface area contributed by atoms with Gasteiger partial charge < -0.3 is 10.5 Å². The van der Waals surface area contributed by atoms with Crippen LogP contribution in [0.3, 0.4) is 0 Å². The Morgan fingerprint density at radius 1 is 1.40 bits per heavy atom. The maximum atomic E-state index is 11.8. The Labute approximate surface area is 92.1 Å². The van der Waals surface area contributed by atoms with E-state index in [0.29, 0.717) is 6.61 Å². The molecule has 1 heterocycles. The van der Waals surface area contributed by atoms with E-state index < -0.39 is 15.4 Å². The summed E-state index contributed by atoms with van der Waals surface area (Å²) in [5.74, 6) is 0.146. The number of hydrogen-bond acceptors (Lipinski definition) is 4. The normalized spacial score (nSPS) is 24.1. The van der Waals surface area contributed by atoms with Crippen LogP contribution in [-0.4, -0.2) is 38.2 Å². The predicted octanol–water partition coefficient (Wildman–Crippen LogP) is 0.708. The first-order valence-corrected chi connectivity index (χ1v) is 7.22.